The van der Waals surface area contributed by atoms with E-state index < -0.39 is 5.60 Å². The highest BCUT2D eigenvalue weighted by atomic mass is 16.6. The number of hydrogen-bond donors (Lipinski definition) is 1. The van der Waals surface area contributed by atoms with Gasteiger partial charge < -0.3 is 10.1 Å². The molecule has 3 nitrogen and oxygen atoms in total. The maximum absolute atomic E-state index is 11.0. The second-order valence-electron chi connectivity index (χ2n) is 3.49. The molecule has 0 aromatic heterocycles. The summed E-state index contributed by atoms with van der Waals surface area (Å²) in [4.78, 5) is 11.0. The predicted octanol–water partition coefficient (Wildman–Crippen LogP) is 1.59. The van der Waals surface area contributed by atoms with Crippen molar-refractivity contribution in [2.24, 2.45) is 0 Å². The minimum Gasteiger partial charge on any atom is -0.436 e. The molecule has 12 heavy (non-hydrogen) atoms. The van der Waals surface area contributed by atoms with Gasteiger partial charge in [0.15, 0.2) is 5.60 Å². The zero-order valence-electron chi connectivity index (χ0n) is 7.01. The molecular weight excluding hydrogens is 154 g/mol. The third kappa shape index (κ3) is 0.924. The first-order chi connectivity index (χ1) is 5.77. The second kappa shape index (κ2) is 2.51. The molecule has 2 fully saturated rings. The monoisotopic (exact) mass is 167 g/mol. The van der Waals surface area contributed by atoms with Crippen LogP contribution in [0.3, 0.4) is 0 Å². The van der Waals surface area contributed by atoms with E-state index in [0.717, 1.165) is 19.3 Å². The van der Waals surface area contributed by atoms with Crippen LogP contribution in [-0.4, -0.2) is 17.7 Å². The zero-order valence-corrected chi connectivity index (χ0v) is 7.01. The summed E-state index contributed by atoms with van der Waals surface area (Å²) >= 11 is 0. The molecule has 1 N–H and O–H groups in total. The summed E-state index contributed by atoms with van der Waals surface area (Å²) in [6.07, 6.45) is 5.70. The molecule has 66 valence electrons. The Morgan fingerprint density at radius 2 is 2.50 bits per heavy atom. The zero-order chi connectivity index (χ0) is 8.60. The molecule has 0 aromatic rings. The number of carbonyl (C=O) groups is 1. The van der Waals surface area contributed by atoms with Gasteiger partial charge in [-0.1, -0.05) is 13.0 Å². The number of fused-ring (bicyclic) bond motifs is 1. The maximum atomic E-state index is 11.0. The van der Waals surface area contributed by atoms with Gasteiger partial charge in [0.25, 0.3) is 0 Å². The third-order valence-electron chi connectivity index (χ3n) is 2.82. The molecule has 2 aliphatic rings. The number of rotatable bonds is 1. The van der Waals surface area contributed by atoms with E-state index in [4.69, 9.17) is 4.74 Å². The molecular formula is C9H13NO2. The van der Waals surface area contributed by atoms with Crippen LogP contribution in [0.4, 0.5) is 4.79 Å². The van der Waals surface area contributed by atoms with Gasteiger partial charge in [-0.25, -0.2) is 4.79 Å². The minimum atomic E-state index is -0.394. The van der Waals surface area contributed by atoms with E-state index in [-0.39, 0.29) is 12.1 Å². The molecule has 1 heterocycles. The summed E-state index contributed by atoms with van der Waals surface area (Å²) in [7, 11) is 0. The van der Waals surface area contributed by atoms with Gasteiger partial charge in [-0.2, -0.15) is 0 Å². The Balaban J connectivity index is 2.24. The van der Waals surface area contributed by atoms with E-state index in [9.17, 15) is 4.79 Å². The standard InChI is InChI=1S/C9H13NO2/c1-2-9-6-4-3-5-7(9)10-8(11)12-9/h2,7H,1,3-6H2,(H,10,11)/t7-,9+/m0/s1. The van der Waals surface area contributed by atoms with Gasteiger partial charge in [0.2, 0.25) is 0 Å². The topological polar surface area (TPSA) is 38.3 Å². The average Bonchev–Trinajstić information content (AvgIpc) is 2.41. The summed E-state index contributed by atoms with van der Waals surface area (Å²) < 4.78 is 5.23. The number of ether oxygens (including phenoxy) is 1. The number of alkyl carbamates (subject to hydrolysis) is 1. The molecule has 3 heteroatoms. The molecule has 1 aliphatic carbocycles. The lowest BCUT2D eigenvalue weighted by Crippen LogP contribution is -2.44. The second-order valence-corrected chi connectivity index (χ2v) is 3.49. The summed E-state index contributed by atoms with van der Waals surface area (Å²) in [6, 6.07) is 0.163. The van der Waals surface area contributed by atoms with Gasteiger partial charge in [0, 0.05) is 0 Å². The van der Waals surface area contributed by atoms with Gasteiger partial charge in [0.1, 0.15) is 0 Å². The molecule has 0 aromatic carbocycles. The lowest BCUT2D eigenvalue weighted by atomic mass is 9.81. The first-order valence-corrected chi connectivity index (χ1v) is 4.40. The van der Waals surface area contributed by atoms with Gasteiger partial charge in [-0.3, -0.25) is 0 Å². The van der Waals surface area contributed by atoms with E-state index in [0.29, 0.717) is 0 Å². The van der Waals surface area contributed by atoms with Crippen molar-refractivity contribution in [2.45, 2.75) is 37.3 Å². The van der Waals surface area contributed by atoms with Crippen LogP contribution in [0.2, 0.25) is 0 Å². The lowest BCUT2D eigenvalue weighted by molar-refractivity contribution is 0.0534. The van der Waals surface area contributed by atoms with E-state index in [2.05, 4.69) is 11.9 Å². The van der Waals surface area contributed by atoms with Crippen molar-refractivity contribution < 1.29 is 9.53 Å². The van der Waals surface area contributed by atoms with Crippen LogP contribution in [-0.2, 0) is 4.74 Å². The number of amides is 1. The molecule has 1 amide bonds. The Kier molecular flexibility index (Phi) is 1.60. The molecule has 0 unspecified atom stereocenters. The normalized spacial score (nSPS) is 39.7. The van der Waals surface area contributed by atoms with E-state index in [1.807, 2.05) is 0 Å². The van der Waals surface area contributed by atoms with Crippen molar-refractivity contribution in [3.63, 3.8) is 0 Å². The Bertz CT molecular complexity index is 227. The molecule has 2 rings (SSSR count). The molecule has 0 bridgehead atoms. The summed E-state index contributed by atoms with van der Waals surface area (Å²) in [6.45, 7) is 3.74. The van der Waals surface area contributed by atoms with Crippen LogP contribution in [0.5, 0.6) is 0 Å². The van der Waals surface area contributed by atoms with Crippen LogP contribution in [0.1, 0.15) is 25.7 Å². The fourth-order valence-corrected chi connectivity index (χ4v) is 2.12. The quantitative estimate of drug-likeness (QED) is 0.602. The molecule has 0 radical (unpaired) electrons. The van der Waals surface area contributed by atoms with E-state index in [1.54, 1.807) is 6.08 Å². The lowest BCUT2D eigenvalue weighted by Gasteiger charge is -2.33. The molecule has 1 saturated heterocycles. The van der Waals surface area contributed by atoms with Crippen LogP contribution in [0, 0.1) is 0 Å². The van der Waals surface area contributed by atoms with Gasteiger partial charge >= 0.3 is 6.09 Å². The number of carbonyl (C=O) groups excluding carboxylic acids is 1. The Morgan fingerprint density at radius 3 is 3.17 bits per heavy atom. The van der Waals surface area contributed by atoms with E-state index >= 15 is 0 Å². The first-order valence-electron chi connectivity index (χ1n) is 4.40. The summed E-state index contributed by atoms with van der Waals surface area (Å²) in [5.41, 5.74) is -0.394. The van der Waals surface area contributed by atoms with Crippen molar-refractivity contribution in [3.05, 3.63) is 12.7 Å². The fraction of sp³-hybridized carbons (Fsp3) is 0.667. The van der Waals surface area contributed by atoms with Crippen LogP contribution in [0.15, 0.2) is 12.7 Å². The van der Waals surface area contributed by atoms with Gasteiger partial charge in [-0.05, 0) is 25.3 Å². The Labute approximate surface area is 71.8 Å². The summed E-state index contributed by atoms with van der Waals surface area (Å²) in [5.74, 6) is 0. The predicted molar refractivity (Wildman–Crippen MR) is 44.8 cm³/mol. The number of nitrogens with one attached hydrogen (secondary N) is 1. The molecule has 2 atom stereocenters. The SMILES string of the molecule is C=C[C@@]12CCCC[C@@H]1NC(=O)O2. The molecule has 1 aliphatic heterocycles. The van der Waals surface area contributed by atoms with Crippen LogP contribution < -0.4 is 5.32 Å². The number of hydrogen-bond acceptors (Lipinski definition) is 2. The van der Waals surface area contributed by atoms with Crippen molar-refractivity contribution in [1.29, 1.82) is 0 Å². The third-order valence-corrected chi connectivity index (χ3v) is 2.82. The summed E-state index contributed by atoms with van der Waals surface area (Å²) in [5, 5.41) is 2.82. The maximum Gasteiger partial charge on any atom is 0.408 e. The average molecular weight is 167 g/mol. The van der Waals surface area contributed by atoms with E-state index in [1.165, 1.54) is 6.42 Å². The van der Waals surface area contributed by atoms with Gasteiger partial charge in [0.05, 0.1) is 6.04 Å². The van der Waals surface area contributed by atoms with Crippen molar-refractivity contribution >= 4 is 6.09 Å². The van der Waals surface area contributed by atoms with Crippen molar-refractivity contribution in [1.82, 2.24) is 5.32 Å². The van der Waals surface area contributed by atoms with Gasteiger partial charge in [-0.15, -0.1) is 0 Å². The van der Waals surface area contributed by atoms with Crippen molar-refractivity contribution in [2.75, 3.05) is 0 Å². The smallest absolute Gasteiger partial charge is 0.408 e. The Morgan fingerprint density at radius 1 is 1.67 bits per heavy atom. The Hall–Kier alpha value is -0.990. The fourth-order valence-electron chi connectivity index (χ4n) is 2.12. The highest BCUT2D eigenvalue weighted by Gasteiger charge is 2.47. The highest BCUT2D eigenvalue weighted by molar-refractivity contribution is 5.71. The van der Waals surface area contributed by atoms with Crippen molar-refractivity contribution in [3.8, 4) is 0 Å². The molecule has 0 spiro atoms. The first kappa shape index (κ1) is 7.65. The van der Waals surface area contributed by atoms with Crippen LogP contribution in [0.25, 0.3) is 0 Å². The highest BCUT2D eigenvalue weighted by Crippen LogP contribution is 2.36. The molecule has 1 saturated carbocycles. The van der Waals surface area contributed by atoms with Crippen LogP contribution >= 0.6 is 0 Å². The largest absolute Gasteiger partial charge is 0.436 e. The minimum absolute atomic E-state index is 0.163.